The predicted molar refractivity (Wildman–Crippen MR) is 54.1 cm³/mol. The number of carbonyl (C=O) groups excluding carboxylic acids is 1. The fourth-order valence-corrected chi connectivity index (χ4v) is 1.03. The summed E-state index contributed by atoms with van der Waals surface area (Å²) in [5.74, 6) is -1.69. The van der Waals surface area contributed by atoms with Crippen molar-refractivity contribution in [2.75, 3.05) is 13.1 Å². The fourth-order valence-electron chi connectivity index (χ4n) is 1.03. The van der Waals surface area contributed by atoms with E-state index in [1.165, 1.54) is 0 Å². The summed E-state index contributed by atoms with van der Waals surface area (Å²) in [5.41, 5.74) is -1.60. The van der Waals surface area contributed by atoms with E-state index >= 15 is 0 Å². The number of amides is 2. The number of aliphatic carboxylic acids is 1. The Hall–Kier alpha value is -1.60. The largest absolute Gasteiger partial charge is 0.481 e. The molecule has 0 aromatic carbocycles. The Labute approximate surface area is 95.9 Å². The monoisotopic (exact) mass is 254 g/mol. The molecule has 0 aromatic rings. The van der Waals surface area contributed by atoms with Crippen LogP contribution in [0.3, 0.4) is 0 Å². The Morgan fingerprint density at radius 3 is 2.00 bits per heavy atom. The van der Waals surface area contributed by atoms with Crippen molar-refractivity contribution < 1.29 is 27.9 Å². The number of rotatable bonds is 4. The number of aliphatic imine (C=N–C) groups is 1. The van der Waals surface area contributed by atoms with Gasteiger partial charge in [-0.3, -0.25) is 4.79 Å². The molecule has 0 aliphatic carbocycles. The molecule has 0 heterocycles. The SMILES string of the molecule is CCN(CC)C(=O)N=C(CC(=O)O)C(F)(F)F. The lowest BCUT2D eigenvalue weighted by atomic mass is 10.2. The Morgan fingerprint density at radius 1 is 1.24 bits per heavy atom. The lowest BCUT2D eigenvalue weighted by Crippen LogP contribution is -2.32. The normalized spacial score (nSPS) is 12.4. The highest BCUT2D eigenvalue weighted by atomic mass is 19.4. The van der Waals surface area contributed by atoms with Gasteiger partial charge >= 0.3 is 18.2 Å². The summed E-state index contributed by atoms with van der Waals surface area (Å²) in [6.45, 7) is 3.58. The molecular formula is C9H13F3N2O3. The Kier molecular flexibility index (Phi) is 5.63. The minimum Gasteiger partial charge on any atom is -0.481 e. The zero-order valence-electron chi connectivity index (χ0n) is 9.41. The van der Waals surface area contributed by atoms with Gasteiger partial charge < -0.3 is 10.0 Å². The number of urea groups is 1. The highest BCUT2D eigenvalue weighted by molar-refractivity contribution is 6.06. The van der Waals surface area contributed by atoms with Crippen molar-refractivity contribution in [3.05, 3.63) is 0 Å². The van der Waals surface area contributed by atoms with Crippen LogP contribution in [0.5, 0.6) is 0 Å². The molecule has 0 aromatic heterocycles. The second-order valence-electron chi connectivity index (χ2n) is 3.08. The van der Waals surface area contributed by atoms with Gasteiger partial charge in [0.25, 0.3) is 0 Å². The second-order valence-corrected chi connectivity index (χ2v) is 3.08. The summed E-state index contributed by atoms with van der Waals surface area (Å²) in [6.07, 6.45) is -6.24. The molecule has 8 heteroatoms. The standard InChI is InChI=1S/C9H13F3N2O3/c1-3-14(4-2)8(17)13-6(5-7(15)16)9(10,11)12/h3-5H2,1-2H3,(H,15,16). The maximum atomic E-state index is 12.3. The lowest BCUT2D eigenvalue weighted by molar-refractivity contribution is -0.136. The van der Waals surface area contributed by atoms with E-state index in [1.807, 2.05) is 0 Å². The number of carboxylic acids is 1. The van der Waals surface area contributed by atoms with Gasteiger partial charge in [-0.25, -0.2) is 4.79 Å². The van der Waals surface area contributed by atoms with Gasteiger partial charge in [0.2, 0.25) is 0 Å². The molecule has 0 bridgehead atoms. The second kappa shape index (κ2) is 6.21. The van der Waals surface area contributed by atoms with Crippen LogP contribution in [0.2, 0.25) is 0 Å². The summed E-state index contributed by atoms with van der Waals surface area (Å²) in [5, 5.41) is 8.31. The van der Waals surface area contributed by atoms with Crippen LogP contribution in [-0.2, 0) is 4.79 Å². The Balaban J connectivity index is 5.04. The van der Waals surface area contributed by atoms with Crippen molar-refractivity contribution in [3.63, 3.8) is 0 Å². The van der Waals surface area contributed by atoms with E-state index in [1.54, 1.807) is 13.8 Å². The van der Waals surface area contributed by atoms with E-state index in [2.05, 4.69) is 4.99 Å². The van der Waals surface area contributed by atoms with Crippen molar-refractivity contribution in [1.82, 2.24) is 4.90 Å². The van der Waals surface area contributed by atoms with Gasteiger partial charge in [0.1, 0.15) is 5.71 Å². The quantitative estimate of drug-likeness (QED) is 0.779. The number of halogens is 3. The third-order valence-corrected chi connectivity index (χ3v) is 1.91. The molecule has 5 nitrogen and oxygen atoms in total. The van der Waals surface area contributed by atoms with Crippen LogP contribution in [0.25, 0.3) is 0 Å². The first-order chi connectivity index (χ1) is 7.72. The summed E-state index contributed by atoms with van der Waals surface area (Å²) < 4.78 is 37.0. The molecular weight excluding hydrogens is 241 g/mol. The molecule has 98 valence electrons. The van der Waals surface area contributed by atoms with Gasteiger partial charge in [-0.05, 0) is 13.8 Å². The number of nitrogens with zero attached hydrogens (tertiary/aromatic N) is 2. The first kappa shape index (κ1) is 15.4. The maximum absolute atomic E-state index is 12.3. The predicted octanol–water partition coefficient (Wildman–Crippen LogP) is 1.93. The van der Waals surface area contributed by atoms with Crippen molar-refractivity contribution in [2.24, 2.45) is 4.99 Å². The van der Waals surface area contributed by atoms with Gasteiger partial charge in [0, 0.05) is 13.1 Å². The molecule has 0 saturated heterocycles. The van der Waals surface area contributed by atoms with Crippen molar-refractivity contribution in [2.45, 2.75) is 26.4 Å². The molecule has 2 amide bonds. The first-order valence-corrected chi connectivity index (χ1v) is 4.87. The van der Waals surface area contributed by atoms with Gasteiger partial charge in [-0.1, -0.05) is 0 Å². The topological polar surface area (TPSA) is 70.0 Å². The van der Waals surface area contributed by atoms with Gasteiger partial charge in [-0.15, -0.1) is 0 Å². The molecule has 0 rings (SSSR count). The van der Waals surface area contributed by atoms with Crippen LogP contribution in [0.4, 0.5) is 18.0 Å². The molecule has 0 atom stereocenters. The first-order valence-electron chi connectivity index (χ1n) is 4.87. The Morgan fingerprint density at radius 2 is 1.71 bits per heavy atom. The lowest BCUT2D eigenvalue weighted by Gasteiger charge is -2.16. The van der Waals surface area contributed by atoms with Gasteiger partial charge in [0.05, 0.1) is 6.42 Å². The highest BCUT2D eigenvalue weighted by Gasteiger charge is 2.37. The average molecular weight is 254 g/mol. The molecule has 0 aliphatic rings. The number of hydrogen-bond donors (Lipinski definition) is 1. The summed E-state index contributed by atoms with van der Waals surface area (Å²) in [7, 11) is 0. The van der Waals surface area contributed by atoms with Crippen LogP contribution in [0.1, 0.15) is 20.3 Å². The van der Waals surface area contributed by atoms with Crippen LogP contribution in [0, 0.1) is 0 Å². The molecule has 0 radical (unpaired) electrons. The Bertz CT molecular complexity index is 322. The third kappa shape index (κ3) is 5.32. The zero-order chi connectivity index (χ0) is 13.6. The smallest absolute Gasteiger partial charge is 0.430 e. The summed E-state index contributed by atoms with van der Waals surface area (Å²) >= 11 is 0. The van der Waals surface area contributed by atoms with Gasteiger partial charge in [0.15, 0.2) is 0 Å². The van der Waals surface area contributed by atoms with E-state index in [0.29, 0.717) is 0 Å². The number of carboxylic acid groups (broad SMARTS) is 1. The molecule has 0 spiro atoms. The molecule has 0 saturated carbocycles. The number of carbonyl (C=O) groups is 2. The molecule has 1 N–H and O–H groups in total. The van der Waals surface area contributed by atoms with Crippen molar-refractivity contribution >= 4 is 17.7 Å². The zero-order valence-corrected chi connectivity index (χ0v) is 9.41. The molecule has 17 heavy (non-hydrogen) atoms. The van der Waals surface area contributed by atoms with Crippen LogP contribution in [0.15, 0.2) is 4.99 Å². The van der Waals surface area contributed by atoms with E-state index in [9.17, 15) is 22.8 Å². The van der Waals surface area contributed by atoms with Crippen molar-refractivity contribution in [1.29, 1.82) is 0 Å². The molecule has 0 aliphatic heterocycles. The van der Waals surface area contributed by atoms with E-state index in [-0.39, 0.29) is 13.1 Å². The maximum Gasteiger partial charge on any atom is 0.430 e. The highest BCUT2D eigenvalue weighted by Crippen LogP contribution is 2.20. The van der Waals surface area contributed by atoms with Crippen molar-refractivity contribution in [3.8, 4) is 0 Å². The average Bonchev–Trinajstić information content (AvgIpc) is 2.16. The van der Waals surface area contributed by atoms with Crippen LogP contribution < -0.4 is 0 Å². The minimum atomic E-state index is -4.92. The van der Waals surface area contributed by atoms with E-state index in [0.717, 1.165) is 4.90 Å². The van der Waals surface area contributed by atoms with Crippen LogP contribution >= 0.6 is 0 Å². The fraction of sp³-hybridized carbons (Fsp3) is 0.667. The summed E-state index contributed by atoms with van der Waals surface area (Å²) in [6, 6.07) is -1.08. The third-order valence-electron chi connectivity index (χ3n) is 1.91. The van der Waals surface area contributed by atoms with E-state index in [4.69, 9.17) is 5.11 Å². The van der Waals surface area contributed by atoms with Crippen LogP contribution in [-0.4, -0.2) is 47.0 Å². The molecule has 0 unspecified atom stereocenters. The van der Waals surface area contributed by atoms with Gasteiger partial charge in [-0.2, -0.15) is 18.2 Å². The van der Waals surface area contributed by atoms with E-state index < -0.39 is 30.3 Å². The number of alkyl halides is 3. The minimum absolute atomic E-state index is 0.205. The molecule has 0 fully saturated rings. The number of hydrogen-bond acceptors (Lipinski definition) is 2. The summed E-state index contributed by atoms with van der Waals surface area (Å²) in [4.78, 5) is 25.4.